The van der Waals surface area contributed by atoms with Crippen LogP contribution in [0.3, 0.4) is 0 Å². The molecule has 1 aromatic rings. The predicted molar refractivity (Wildman–Crippen MR) is 92.0 cm³/mol. The molecule has 0 amide bonds. The van der Waals surface area contributed by atoms with Crippen LogP contribution in [0.5, 0.6) is 0 Å². The smallest absolute Gasteiger partial charge is 0.0460 e. The maximum Gasteiger partial charge on any atom is 0.0460 e. The molecule has 22 heavy (non-hydrogen) atoms. The SMILES string of the molecule is CC1CCC(Nc2cccc(CN3CCC(CO)CC3)c2)C1. The molecule has 3 nitrogen and oxygen atoms in total. The summed E-state index contributed by atoms with van der Waals surface area (Å²) in [6, 6.07) is 9.59. The van der Waals surface area contributed by atoms with Gasteiger partial charge in [-0.25, -0.2) is 0 Å². The molecule has 0 aromatic heterocycles. The first kappa shape index (κ1) is 15.8. The minimum absolute atomic E-state index is 0.354. The second-order valence-corrected chi connectivity index (χ2v) is 7.36. The average molecular weight is 302 g/mol. The van der Waals surface area contributed by atoms with Crippen molar-refractivity contribution in [2.75, 3.05) is 25.0 Å². The molecule has 2 unspecified atom stereocenters. The van der Waals surface area contributed by atoms with Gasteiger partial charge in [-0.05, 0) is 74.7 Å². The van der Waals surface area contributed by atoms with Crippen molar-refractivity contribution < 1.29 is 5.11 Å². The zero-order valence-corrected chi connectivity index (χ0v) is 13.8. The van der Waals surface area contributed by atoms with Crippen molar-refractivity contribution in [1.29, 1.82) is 0 Å². The molecule has 1 aliphatic heterocycles. The van der Waals surface area contributed by atoms with Crippen molar-refractivity contribution in [3.05, 3.63) is 29.8 Å². The van der Waals surface area contributed by atoms with Gasteiger partial charge in [-0.1, -0.05) is 19.1 Å². The lowest BCUT2D eigenvalue weighted by Crippen LogP contribution is -2.34. The molecule has 122 valence electrons. The van der Waals surface area contributed by atoms with Crippen LogP contribution in [-0.2, 0) is 6.54 Å². The summed E-state index contributed by atoms with van der Waals surface area (Å²) in [6.07, 6.45) is 6.24. The van der Waals surface area contributed by atoms with Crippen molar-refractivity contribution in [2.45, 2.75) is 51.6 Å². The number of nitrogens with one attached hydrogen (secondary N) is 1. The molecule has 0 spiro atoms. The van der Waals surface area contributed by atoms with E-state index in [1.807, 2.05) is 0 Å². The van der Waals surface area contributed by atoms with Crippen molar-refractivity contribution in [3.8, 4) is 0 Å². The van der Waals surface area contributed by atoms with Crippen LogP contribution in [0.25, 0.3) is 0 Å². The Hall–Kier alpha value is -1.06. The third-order valence-electron chi connectivity index (χ3n) is 5.36. The predicted octanol–water partition coefficient (Wildman–Crippen LogP) is 3.49. The first-order valence-electron chi connectivity index (χ1n) is 8.91. The summed E-state index contributed by atoms with van der Waals surface area (Å²) >= 11 is 0. The fourth-order valence-corrected chi connectivity index (χ4v) is 3.92. The maximum absolute atomic E-state index is 9.23. The van der Waals surface area contributed by atoms with Crippen LogP contribution >= 0.6 is 0 Å². The molecule has 1 saturated heterocycles. The number of aliphatic hydroxyl groups is 1. The molecule has 0 radical (unpaired) electrons. The van der Waals surface area contributed by atoms with Crippen molar-refractivity contribution in [3.63, 3.8) is 0 Å². The molecular weight excluding hydrogens is 272 g/mol. The summed E-state index contributed by atoms with van der Waals surface area (Å²) in [6.45, 7) is 5.97. The van der Waals surface area contributed by atoms with E-state index >= 15 is 0 Å². The Morgan fingerprint density at radius 1 is 1.18 bits per heavy atom. The lowest BCUT2D eigenvalue weighted by atomic mass is 9.97. The largest absolute Gasteiger partial charge is 0.396 e. The van der Waals surface area contributed by atoms with E-state index in [0.717, 1.165) is 38.4 Å². The Kier molecular flexibility index (Phi) is 5.37. The van der Waals surface area contributed by atoms with E-state index in [-0.39, 0.29) is 0 Å². The zero-order chi connectivity index (χ0) is 15.4. The topological polar surface area (TPSA) is 35.5 Å². The highest BCUT2D eigenvalue weighted by Gasteiger charge is 2.21. The Morgan fingerprint density at radius 2 is 2.00 bits per heavy atom. The van der Waals surface area contributed by atoms with E-state index in [0.29, 0.717) is 18.6 Å². The van der Waals surface area contributed by atoms with E-state index in [4.69, 9.17) is 0 Å². The fourth-order valence-electron chi connectivity index (χ4n) is 3.92. The van der Waals surface area contributed by atoms with Crippen LogP contribution in [0.15, 0.2) is 24.3 Å². The number of nitrogens with zero attached hydrogens (tertiary/aromatic N) is 1. The van der Waals surface area contributed by atoms with Gasteiger partial charge in [0, 0.05) is 24.9 Å². The summed E-state index contributed by atoms with van der Waals surface area (Å²) in [5.41, 5.74) is 2.68. The summed E-state index contributed by atoms with van der Waals surface area (Å²) < 4.78 is 0. The number of aliphatic hydroxyl groups excluding tert-OH is 1. The molecule has 2 aliphatic rings. The molecule has 2 atom stereocenters. The number of hydrogen-bond acceptors (Lipinski definition) is 3. The van der Waals surface area contributed by atoms with Gasteiger partial charge in [-0.2, -0.15) is 0 Å². The van der Waals surface area contributed by atoms with Gasteiger partial charge in [0.25, 0.3) is 0 Å². The molecule has 1 aromatic carbocycles. The van der Waals surface area contributed by atoms with Gasteiger partial charge in [-0.15, -0.1) is 0 Å². The second kappa shape index (κ2) is 7.47. The number of anilines is 1. The second-order valence-electron chi connectivity index (χ2n) is 7.36. The Balaban J connectivity index is 1.53. The monoisotopic (exact) mass is 302 g/mol. The minimum atomic E-state index is 0.354. The molecule has 0 bridgehead atoms. The van der Waals surface area contributed by atoms with E-state index < -0.39 is 0 Å². The molecule has 2 fully saturated rings. The zero-order valence-electron chi connectivity index (χ0n) is 13.8. The fraction of sp³-hybridized carbons (Fsp3) is 0.684. The summed E-state index contributed by atoms with van der Waals surface area (Å²) in [5, 5.41) is 12.9. The van der Waals surface area contributed by atoms with Crippen LogP contribution in [-0.4, -0.2) is 35.7 Å². The van der Waals surface area contributed by atoms with Crippen LogP contribution in [0.1, 0.15) is 44.6 Å². The van der Waals surface area contributed by atoms with E-state index in [1.54, 1.807) is 0 Å². The lowest BCUT2D eigenvalue weighted by Gasteiger charge is -2.31. The van der Waals surface area contributed by atoms with E-state index in [2.05, 4.69) is 41.4 Å². The molecule has 1 aliphatic carbocycles. The van der Waals surface area contributed by atoms with Gasteiger partial charge in [0.2, 0.25) is 0 Å². The van der Waals surface area contributed by atoms with E-state index in [9.17, 15) is 5.11 Å². The van der Waals surface area contributed by atoms with Gasteiger partial charge in [0.05, 0.1) is 0 Å². The maximum atomic E-state index is 9.23. The number of hydrogen-bond donors (Lipinski definition) is 2. The molecular formula is C19H30N2O. The highest BCUT2D eigenvalue weighted by Crippen LogP contribution is 2.28. The third kappa shape index (κ3) is 4.23. The minimum Gasteiger partial charge on any atom is -0.396 e. The normalized spacial score (nSPS) is 27.2. The van der Waals surface area contributed by atoms with Crippen LogP contribution in [0.4, 0.5) is 5.69 Å². The van der Waals surface area contributed by atoms with Crippen LogP contribution < -0.4 is 5.32 Å². The molecule has 3 rings (SSSR count). The lowest BCUT2D eigenvalue weighted by molar-refractivity contribution is 0.127. The van der Waals surface area contributed by atoms with Gasteiger partial charge < -0.3 is 10.4 Å². The standard InChI is InChI=1S/C19H30N2O/c1-15-5-6-19(11-15)20-18-4-2-3-17(12-18)13-21-9-7-16(14-22)8-10-21/h2-4,12,15-16,19-20,22H,5-11,13-14H2,1H3. The Bertz CT molecular complexity index is 468. The molecule has 3 heteroatoms. The highest BCUT2D eigenvalue weighted by atomic mass is 16.3. The van der Waals surface area contributed by atoms with Crippen molar-refractivity contribution in [2.24, 2.45) is 11.8 Å². The number of benzene rings is 1. The van der Waals surface area contributed by atoms with E-state index in [1.165, 1.54) is 30.5 Å². The van der Waals surface area contributed by atoms with Crippen LogP contribution in [0, 0.1) is 11.8 Å². The van der Waals surface area contributed by atoms with Gasteiger partial charge in [0.15, 0.2) is 0 Å². The Labute approximate surface area is 134 Å². The summed E-state index contributed by atoms with van der Waals surface area (Å²) in [5.74, 6) is 1.39. The van der Waals surface area contributed by atoms with Crippen molar-refractivity contribution in [1.82, 2.24) is 4.90 Å². The molecule has 1 heterocycles. The highest BCUT2D eigenvalue weighted by molar-refractivity contribution is 5.46. The number of rotatable bonds is 5. The van der Waals surface area contributed by atoms with Gasteiger partial charge >= 0.3 is 0 Å². The molecule has 1 saturated carbocycles. The third-order valence-corrected chi connectivity index (χ3v) is 5.36. The first-order valence-corrected chi connectivity index (χ1v) is 8.91. The molecule has 2 N–H and O–H groups in total. The number of likely N-dealkylation sites (tertiary alicyclic amines) is 1. The Morgan fingerprint density at radius 3 is 2.68 bits per heavy atom. The summed E-state index contributed by atoms with van der Waals surface area (Å²) in [7, 11) is 0. The van der Waals surface area contributed by atoms with Crippen LogP contribution in [0.2, 0.25) is 0 Å². The summed E-state index contributed by atoms with van der Waals surface area (Å²) in [4.78, 5) is 2.52. The quantitative estimate of drug-likeness (QED) is 0.874. The van der Waals surface area contributed by atoms with Crippen molar-refractivity contribution >= 4 is 5.69 Å². The van der Waals surface area contributed by atoms with Gasteiger partial charge in [0.1, 0.15) is 0 Å². The first-order chi connectivity index (χ1) is 10.7. The number of piperidine rings is 1. The van der Waals surface area contributed by atoms with Gasteiger partial charge in [-0.3, -0.25) is 4.90 Å². The average Bonchev–Trinajstić information content (AvgIpc) is 2.93.